The van der Waals surface area contributed by atoms with E-state index in [9.17, 15) is 0 Å². The highest BCUT2D eigenvalue weighted by molar-refractivity contribution is 6.30. The second-order valence-corrected chi connectivity index (χ2v) is 4.09. The molecule has 0 aliphatic carbocycles. The van der Waals surface area contributed by atoms with Gasteiger partial charge in [-0.15, -0.1) is 0 Å². The highest BCUT2D eigenvalue weighted by atomic mass is 35.5. The van der Waals surface area contributed by atoms with E-state index in [0.29, 0.717) is 24.1 Å². The SMILES string of the molecule is COCC(CNc1nc(C)nc(Cl)c1C)OC. The van der Waals surface area contributed by atoms with Crippen molar-refractivity contribution in [1.29, 1.82) is 0 Å². The van der Waals surface area contributed by atoms with Gasteiger partial charge in [-0.2, -0.15) is 0 Å². The van der Waals surface area contributed by atoms with E-state index in [1.54, 1.807) is 21.1 Å². The summed E-state index contributed by atoms with van der Waals surface area (Å²) >= 11 is 5.98. The van der Waals surface area contributed by atoms with Crippen LogP contribution in [-0.2, 0) is 9.47 Å². The third-order valence-corrected chi connectivity index (χ3v) is 2.75. The molecule has 1 heterocycles. The van der Waals surface area contributed by atoms with Crippen molar-refractivity contribution < 1.29 is 9.47 Å². The first kappa shape index (κ1) is 14.2. The quantitative estimate of drug-likeness (QED) is 0.790. The Balaban J connectivity index is 2.68. The number of hydrogen-bond donors (Lipinski definition) is 1. The Kier molecular flexibility index (Phi) is 5.61. The molecular formula is C11H18ClN3O2. The summed E-state index contributed by atoms with van der Waals surface area (Å²) < 4.78 is 10.3. The van der Waals surface area contributed by atoms with Gasteiger partial charge in [0.25, 0.3) is 0 Å². The van der Waals surface area contributed by atoms with Crippen molar-refractivity contribution in [2.45, 2.75) is 20.0 Å². The van der Waals surface area contributed by atoms with Crippen molar-refractivity contribution >= 4 is 17.4 Å². The molecule has 5 nitrogen and oxygen atoms in total. The number of nitrogens with zero attached hydrogens (tertiary/aromatic N) is 2. The maximum atomic E-state index is 5.98. The summed E-state index contributed by atoms with van der Waals surface area (Å²) in [5.74, 6) is 1.38. The molecule has 0 aromatic carbocycles. The van der Waals surface area contributed by atoms with E-state index in [0.717, 1.165) is 11.4 Å². The molecule has 0 aliphatic heterocycles. The molecule has 0 spiro atoms. The minimum absolute atomic E-state index is 0.0200. The van der Waals surface area contributed by atoms with Gasteiger partial charge < -0.3 is 14.8 Å². The Morgan fingerprint density at radius 3 is 2.59 bits per heavy atom. The highest BCUT2D eigenvalue weighted by Gasteiger charge is 2.10. The number of nitrogens with one attached hydrogen (secondary N) is 1. The standard InChI is InChI=1S/C11H18ClN3O2/c1-7-10(12)14-8(2)15-11(7)13-5-9(17-4)6-16-3/h9H,5-6H2,1-4H3,(H,13,14,15). The first-order valence-electron chi connectivity index (χ1n) is 5.34. The van der Waals surface area contributed by atoms with Crippen molar-refractivity contribution in [2.24, 2.45) is 0 Å². The fourth-order valence-electron chi connectivity index (χ4n) is 1.37. The Labute approximate surface area is 107 Å². The average Bonchev–Trinajstić information content (AvgIpc) is 2.30. The second-order valence-electron chi connectivity index (χ2n) is 3.73. The Hall–Kier alpha value is -0.910. The molecule has 0 amide bonds. The molecule has 1 N–H and O–H groups in total. The predicted octanol–water partition coefficient (Wildman–Crippen LogP) is 1.82. The van der Waals surface area contributed by atoms with Crippen molar-refractivity contribution in [2.75, 3.05) is 32.7 Å². The fourth-order valence-corrected chi connectivity index (χ4v) is 1.58. The third kappa shape index (κ3) is 4.11. The van der Waals surface area contributed by atoms with Gasteiger partial charge in [0.2, 0.25) is 0 Å². The van der Waals surface area contributed by atoms with Crippen LogP contribution in [0.5, 0.6) is 0 Å². The van der Waals surface area contributed by atoms with Crippen LogP contribution in [0.2, 0.25) is 5.15 Å². The van der Waals surface area contributed by atoms with E-state index in [1.165, 1.54) is 0 Å². The van der Waals surface area contributed by atoms with Crippen molar-refractivity contribution in [3.05, 3.63) is 16.5 Å². The number of rotatable bonds is 6. The molecule has 1 aromatic heterocycles. The maximum absolute atomic E-state index is 5.98. The average molecular weight is 260 g/mol. The second kappa shape index (κ2) is 6.74. The fraction of sp³-hybridized carbons (Fsp3) is 0.636. The van der Waals surface area contributed by atoms with Gasteiger partial charge in [0.15, 0.2) is 0 Å². The maximum Gasteiger partial charge on any atom is 0.137 e. The van der Waals surface area contributed by atoms with E-state index in [2.05, 4.69) is 15.3 Å². The zero-order chi connectivity index (χ0) is 12.8. The molecule has 1 aromatic rings. The largest absolute Gasteiger partial charge is 0.382 e. The van der Waals surface area contributed by atoms with Crippen molar-refractivity contribution in [3.63, 3.8) is 0 Å². The Morgan fingerprint density at radius 2 is 2.00 bits per heavy atom. The molecule has 17 heavy (non-hydrogen) atoms. The number of aromatic nitrogens is 2. The summed E-state index contributed by atoms with van der Waals surface area (Å²) in [4.78, 5) is 8.37. The van der Waals surface area contributed by atoms with Crippen LogP contribution >= 0.6 is 11.6 Å². The normalized spacial score (nSPS) is 12.5. The minimum atomic E-state index is -0.0200. The van der Waals surface area contributed by atoms with Gasteiger partial charge in [0.1, 0.15) is 16.8 Å². The first-order valence-corrected chi connectivity index (χ1v) is 5.72. The molecule has 96 valence electrons. The van der Waals surface area contributed by atoms with E-state index in [1.807, 2.05) is 6.92 Å². The number of methoxy groups -OCH3 is 2. The van der Waals surface area contributed by atoms with E-state index >= 15 is 0 Å². The highest BCUT2D eigenvalue weighted by Crippen LogP contribution is 2.19. The van der Waals surface area contributed by atoms with E-state index in [-0.39, 0.29) is 6.10 Å². The monoisotopic (exact) mass is 259 g/mol. The van der Waals surface area contributed by atoms with Crippen LogP contribution in [0.1, 0.15) is 11.4 Å². The lowest BCUT2D eigenvalue weighted by molar-refractivity contribution is 0.0365. The molecule has 0 radical (unpaired) electrons. The number of aryl methyl sites for hydroxylation is 1. The van der Waals surface area contributed by atoms with Crippen molar-refractivity contribution in [3.8, 4) is 0 Å². The Morgan fingerprint density at radius 1 is 1.29 bits per heavy atom. The lowest BCUT2D eigenvalue weighted by atomic mass is 10.3. The molecular weight excluding hydrogens is 242 g/mol. The lowest BCUT2D eigenvalue weighted by Gasteiger charge is -2.16. The van der Waals surface area contributed by atoms with E-state index in [4.69, 9.17) is 21.1 Å². The van der Waals surface area contributed by atoms with Gasteiger partial charge in [-0.25, -0.2) is 9.97 Å². The van der Waals surface area contributed by atoms with Crippen LogP contribution in [0.3, 0.4) is 0 Å². The van der Waals surface area contributed by atoms with Gasteiger partial charge >= 0.3 is 0 Å². The number of anilines is 1. The van der Waals surface area contributed by atoms with Gasteiger partial charge in [-0.3, -0.25) is 0 Å². The molecule has 0 aliphatic rings. The number of ether oxygens (including phenoxy) is 2. The van der Waals surface area contributed by atoms with E-state index < -0.39 is 0 Å². The van der Waals surface area contributed by atoms with Crippen molar-refractivity contribution in [1.82, 2.24) is 9.97 Å². The summed E-state index contributed by atoms with van der Waals surface area (Å²) in [5.41, 5.74) is 0.838. The summed E-state index contributed by atoms with van der Waals surface area (Å²) in [5, 5.41) is 3.66. The molecule has 0 fully saturated rings. The van der Waals surface area contributed by atoms with Crippen LogP contribution in [0.15, 0.2) is 0 Å². The summed E-state index contributed by atoms with van der Waals surface area (Å²) in [7, 11) is 3.29. The number of halogens is 1. The molecule has 1 rings (SSSR count). The predicted molar refractivity (Wildman–Crippen MR) is 67.7 cm³/mol. The van der Waals surface area contributed by atoms with Gasteiger partial charge in [0.05, 0.1) is 12.7 Å². The molecule has 1 atom stereocenters. The smallest absolute Gasteiger partial charge is 0.137 e. The lowest BCUT2D eigenvalue weighted by Crippen LogP contribution is -2.27. The third-order valence-electron chi connectivity index (χ3n) is 2.38. The molecule has 1 unspecified atom stereocenters. The first-order chi connectivity index (χ1) is 8.08. The molecule has 0 saturated carbocycles. The van der Waals surface area contributed by atoms with Gasteiger partial charge in [0, 0.05) is 26.3 Å². The molecule has 0 bridgehead atoms. The molecule has 6 heteroatoms. The zero-order valence-corrected chi connectivity index (χ0v) is 11.3. The summed E-state index contributed by atoms with van der Waals surface area (Å²) in [6.07, 6.45) is -0.0200. The van der Waals surface area contributed by atoms with Crippen LogP contribution in [-0.4, -0.2) is 43.4 Å². The van der Waals surface area contributed by atoms with Crippen LogP contribution in [0.4, 0.5) is 5.82 Å². The zero-order valence-electron chi connectivity index (χ0n) is 10.6. The molecule has 0 saturated heterocycles. The van der Waals surface area contributed by atoms with Gasteiger partial charge in [-0.1, -0.05) is 11.6 Å². The summed E-state index contributed by atoms with van der Waals surface area (Å²) in [6, 6.07) is 0. The van der Waals surface area contributed by atoms with Gasteiger partial charge in [-0.05, 0) is 13.8 Å². The van der Waals surface area contributed by atoms with Crippen LogP contribution in [0.25, 0.3) is 0 Å². The van der Waals surface area contributed by atoms with Crippen LogP contribution in [0, 0.1) is 13.8 Å². The van der Waals surface area contributed by atoms with Crippen LogP contribution < -0.4 is 5.32 Å². The minimum Gasteiger partial charge on any atom is -0.382 e. The topological polar surface area (TPSA) is 56.3 Å². The number of hydrogen-bond acceptors (Lipinski definition) is 5. The summed E-state index contributed by atoms with van der Waals surface area (Å²) in [6.45, 7) is 4.82. The Bertz CT molecular complexity index is 374.